The maximum Gasteiger partial charge on any atom is 0.300 e. The fourth-order valence-corrected chi connectivity index (χ4v) is 1.47. The molecule has 1 aliphatic rings. The molecule has 5 heteroatoms. The summed E-state index contributed by atoms with van der Waals surface area (Å²) in [6, 6.07) is 9.52. The lowest BCUT2D eigenvalue weighted by Crippen LogP contribution is -1.94. The lowest BCUT2D eigenvalue weighted by atomic mass is 10.2. The molecule has 76 valence electrons. The van der Waals surface area contributed by atoms with Crippen LogP contribution in [-0.4, -0.2) is 15.9 Å². The Balaban J connectivity index is 2.12. The van der Waals surface area contributed by atoms with Gasteiger partial charge in [-0.1, -0.05) is 30.3 Å². The van der Waals surface area contributed by atoms with Crippen LogP contribution in [0.3, 0.4) is 0 Å². The van der Waals surface area contributed by atoms with E-state index in [4.69, 9.17) is 0 Å². The van der Waals surface area contributed by atoms with Gasteiger partial charge >= 0.3 is 5.91 Å². The second-order valence-corrected chi connectivity index (χ2v) is 3.30. The molecule has 0 atom stereocenters. The molecule has 2 heterocycles. The average molecular weight is 210 g/mol. The summed E-state index contributed by atoms with van der Waals surface area (Å²) in [7, 11) is 0. The van der Waals surface area contributed by atoms with Crippen molar-refractivity contribution in [3.8, 4) is 11.4 Å². The molecule has 0 saturated carbocycles. The first-order chi connectivity index (χ1) is 7.84. The van der Waals surface area contributed by atoms with Gasteiger partial charge in [0.25, 0.3) is 0 Å². The van der Waals surface area contributed by atoms with Crippen molar-refractivity contribution in [1.29, 1.82) is 0 Å². The Morgan fingerprint density at radius 2 is 1.81 bits per heavy atom. The summed E-state index contributed by atoms with van der Waals surface area (Å²) >= 11 is 0. The summed E-state index contributed by atoms with van der Waals surface area (Å²) in [5, 5.41) is 7.11. The second-order valence-electron chi connectivity index (χ2n) is 3.30. The highest BCUT2D eigenvalue weighted by Crippen LogP contribution is 2.26. The molecular weight excluding hydrogens is 204 g/mol. The summed E-state index contributed by atoms with van der Waals surface area (Å²) in [6.07, 6.45) is 1.47. The molecule has 5 nitrogen and oxygen atoms in total. The van der Waals surface area contributed by atoms with Gasteiger partial charge in [0.05, 0.1) is 0 Å². The van der Waals surface area contributed by atoms with Gasteiger partial charge < -0.3 is 0 Å². The van der Waals surface area contributed by atoms with Crippen molar-refractivity contribution in [2.24, 2.45) is 10.2 Å². The van der Waals surface area contributed by atoms with Crippen molar-refractivity contribution < 1.29 is 4.79 Å². The minimum Gasteiger partial charge on any atom is -0.265 e. The van der Waals surface area contributed by atoms with Crippen molar-refractivity contribution >= 4 is 11.7 Å². The number of hydrogen-bond acceptors (Lipinski definition) is 4. The normalized spacial score (nSPS) is 12.9. The average Bonchev–Trinajstić information content (AvgIpc) is 2.72. The van der Waals surface area contributed by atoms with Crippen LogP contribution >= 0.6 is 0 Å². The van der Waals surface area contributed by atoms with Gasteiger partial charge in [-0.2, -0.15) is 0 Å². The van der Waals surface area contributed by atoms with E-state index in [1.807, 2.05) is 30.3 Å². The number of aromatic nitrogens is 2. The molecule has 1 aliphatic heterocycles. The minimum absolute atomic E-state index is 0.346. The summed E-state index contributed by atoms with van der Waals surface area (Å²) in [5.74, 6) is 0.515. The fourth-order valence-electron chi connectivity index (χ4n) is 1.47. The van der Waals surface area contributed by atoms with Crippen LogP contribution in [0.2, 0.25) is 0 Å². The predicted molar refractivity (Wildman–Crippen MR) is 56.3 cm³/mol. The maximum atomic E-state index is 11.2. The third kappa shape index (κ3) is 1.30. The molecule has 2 aromatic rings. The first-order valence-electron chi connectivity index (χ1n) is 4.73. The van der Waals surface area contributed by atoms with Crippen molar-refractivity contribution in [2.45, 2.75) is 0 Å². The highest BCUT2D eigenvalue weighted by Gasteiger charge is 2.19. The fraction of sp³-hybridized carbons (Fsp3) is 0. The first-order valence-corrected chi connectivity index (χ1v) is 4.73. The Bertz CT molecular complexity index is 592. The molecule has 0 aliphatic carbocycles. The Hall–Kier alpha value is -2.43. The van der Waals surface area contributed by atoms with E-state index in [1.54, 1.807) is 0 Å². The predicted octanol–water partition coefficient (Wildman–Crippen LogP) is 2.38. The van der Waals surface area contributed by atoms with Crippen LogP contribution in [0.25, 0.3) is 11.4 Å². The van der Waals surface area contributed by atoms with Gasteiger partial charge in [0.15, 0.2) is 11.6 Å². The van der Waals surface area contributed by atoms with Crippen LogP contribution in [-0.2, 0) is 0 Å². The number of rotatable bonds is 1. The SMILES string of the molecule is O=C1N=Nc2nc(-c3ccccc3)ncc21. The monoisotopic (exact) mass is 210 g/mol. The van der Waals surface area contributed by atoms with Gasteiger partial charge in [0, 0.05) is 11.8 Å². The Kier molecular flexibility index (Phi) is 1.83. The van der Waals surface area contributed by atoms with E-state index >= 15 is 0 Å². The molecule has 0 radical (unpaired) electrons. The van der Waals surface area contributed by atoms with E-state index in [2.05, 4.69) is 20.2 Å². The number of fused-ring (bicyclic) bond motifs is 1. The van der Waals surface area contributed by atoms with Gasteiger partial charge in [0.2, 0.25) is 0 Å². The molecule has 0 fully saturated rings. The van der Waals surface area contributed by atoms with Gasteiger partial charge in [0.1, 0.15) is 5.56 Å². The topological polar surface area (TPSA) is 67.6 Å². The van der Waals surface area contributed by atoms with Crippen LogP contribution in [0.1, 0.15) is 10.4 Å². The molecule has 0 unspecified atom stereocenters. The van der Waals surface area contributed by atoms with Crippen LogP contribution in [0.15, 0.2) is 46.8 Å². The highest BCUT2D eigenvalue weighted by atomic mass is 16.2. The Morgan fingerprint density at radius 3 is 2.62 bits per heavy atom. The van der Waals surface area contributed by atoms with Crippen molar-refractivity contribution in [3.05, 3.63) is 42.1 Å². The minimum atomic E-state index is -0.380. The van der Waals surface area contributed by atoms with Crippen LogP contribution in [0.4, 0.5) is 5.82 Å². The molecule has 0 spiro atoms. The third-order valence-corrected chi connectivity index (χ3v) is 2.27. The maximum absolute atomic E-state index is 11.2. The number of amides is 1. The quantitative estimate of drug-likeness (QED) is 0.725. The lowest BCUT2D eigenvalue weighted by Gasteiger charge is -1.99. The lowest BCUT2D eigenvalue weighted by molar-refractivity contribution is 0.100. The zero-order chi connectivity index (χ0) is 11.0. The van der Waals surface area contributed by atoms with E-state index in [0.717, 1.165) is 5.56 Å². The molecule has 3 rings (SSSR count). The zero-order valence-corrected chi connectivity index (χ0v) is 8.16. The van der Waals surface area contributed by atoms with E-state index in [1.165, 1.54) is 6.20 Å². The Labute approximate surface area is 90.9 Å². The highest BCUT2D eigenvalue weighted by molar-refractivity contribution is 6.00. The molecular formula is C11H6N4O. The zero-order valence-electron chi connectivity index (χ0n) is 8.16. The number of carbonyl (C=O) groups excluding carboxylic acids is 1. The van der Waals surface area contributed by atoms with Crippen LogP contribution in [0.5, 0.6) is 0 Å². The first kappa shape index (κ1) is 8.84. The van der Waals surface area contributed by atoms with Crippen molar-refractivity contribution in [2.75, 3.05) is 0 Å². The summed E-state index contributed by atoms with van der Waals surface area (Å²) < 4.78 is 0. The largest absolute Gasteiger partial charge is 0.300 e. The molecule has 1 amide bonds. The van der Waals surface area contributed by atoms with E-state index < -0.39 is 0 Å². The number of azo groups is 1. The van der Waals surface area contributed by atoms with E-state index in [-0.39, 0.29) is 5.91 Å². The molecule has 0 bridgehead atoms. The van der Waals surface area contributed by atoms with Crippen molar-refractivity contribution in [3.63, 3.8) is 0 Å². The molecule has 0 saturated heterocycles. The number of hydrogen-bond donors (Lipinski definition) is 0. The molecule has 1 aromatic heterocycles. The van der Waals surface area contributed by atoms with Crippen molar-refractivity contribution in [1.82, 2.24) is 9.97 Å². The summed E-state index contributed by atoms with van der Waals surface area (Å²) in [5.41, 5.74) is 1.25. The number of benzene rings is 1. The summed E-state index contributed by atoms with van der Waals surface area (Å²) in [4.78, 5) is 19.5. The summed E-state index contributed by atoms with van der Waals surface area (Å²) in [6.45, 7) is 0. The number of nitrogens with zero attached hydrogens (tertiary/aromatic N) is 4. The van der Waals surface area contributed by atoms with Gasteiger partial charge in [-0.05, 0) is 0 Å². The molecule has 0 N–H and O–H groups in total. The smallest absolute Gasteiger partial charge is 0.265 e. The second kappa shape index (κ2) is 3.30. The van der Waals surface area contributed by atoms with Gasteiger partial charge in [-0.3, -0.25) is 4.79 Å². The number of carbonyl (C=O) groups is 1. The van der Waals surface area contributed by atoms with E-state index in [9.17, 15) is 4.79 Å². The van der Waals surface area contributed by atoms with Gasteiger partial charge in [-0.15, -0.1) is 10.2 Å². The third-order valence-electron chi connectivity index (χ3n) is 2.27. The van der Waals surface area contributed by atoms with Crippen LogP contribution < -0.4 is 0 Å². The van der Waals surface area contributed by atoms with Crippen LogP contribution in [0, 0.1) is 0 Å². The molecule has 16 heavy (non-hydrogen) atoms. The standard InChI is InChI=1S/C11H6N4O/c16-11-8-6-12-9(13-10(8)14-15-11)7-4-2-1-3-5-7/h1-6H. The van der Waals surface area contributed by atoms with Gasteiger partial charge in [-0.25, -0.2) is 9.97 Å². The molecule has 1 aromatic carbocycles. The van der Waals surface area contributed by atoms with E-state index in [0.29, 0.717) is 17.2 Å². The Morgan fingerprint density at radius 1 is 1.00 bits per heavy atom.